The largest absolute Gasteiger partial charge is 0.309 e. The van der Waals surface area contributed by atoms with E-state index in [1.54, 1.807) is 0 Å². The summed E-state index contributed by atoms with van der Waals surface area (Å²) in [5, 5.41) is 13.0. The summed E-state index contributed by atoms with van der Waals surface area (Å²) in [5.74, 6) is 2.35. The third-order valence-corrected chi connectivity index (χ3v) is 27.2. The average Bonchev–Trinajstić information content (AvgIpc) is 1.61. The molecule has 0 amide bonds. The third kappa shape index (κ3) is 13.9. The Morgan fingerprint density at radius 3 is 0.861 bits per heavy atom. The number of nitrogens with zero attached hydrogens (tertiary/aromatic N) is 10. The van der Waals surface area contributed by atoms with E-state index in [-0.39, 0.29) is 5.92 Å². The van der Waals surface area contributed by atoms with Gasteiger partial charge in [-0.05, 0) is 197 Å². The van der Waals surface area contributed by atoms with Crippen LogP contribution in [0.2, 0.25) is 0 Å². The molecule has 137 heavy (non-hydrogen) atoms. The topological polar surface area (TPSA) is 97.1 Å². The molecule has 1 aliphatic rings. The van der Waals surface area contributed by atoms with Crippen LogP contribution in [0.5, 0.6) is 0 Å². The van der Waals surface area contributed by atoms with Gasteiger partial charge in [0, 0.05) is 121 Å². The van der Waals surface area contributed by atoms with E-state index in [4.69, 9.17) is 29.9 Å². The summed E-state index contributed by atoms with van der Waals surface area (Å²) in [6.07, 6.45) is 0. The highest BCUT2D eigenvalue weighted by Gasteiger charge is 2.31. The first-order valence-electron chi connectivity index (χ1n) is 46.6. The lowest BCUT2D eigenvalue weighted by Gasteiger charge is -2.16. The highest BCUT2D eigenvalue weighted by atomic mass is 15.0. The van der Waals surface area contributed by atoms with Crippen molar-refractivity contribution in [2.75, 3.05) is 0 Å². The van der Waals surface area contributed by atoms with E-state index >= 15 is 0 Å². The summed E-state index contributed by atoms with van der Waals surface area (Å²) >= 11 is 0. The Kier molecular flexibility index (Phi) is 19.4. The van der Waals surface area contributed by atoms with Crippen LogP contribution < -0.4 is 0 Å². The van der Waals surface area contributed by atoms with Crippen LogP contribution in [0.25, 0.3) is 233 Å². The number of para-hydroxylation sites is 10. The van der Waals surface area contributed by atoms with E-state index in [0.717, 1.165) is 123 Å². The van der Waals surface area contributed by atoms with Crippen molar-refractivity contribution in [3.8, 4) is 113 Å². The molecule has 28 rings (SSSR count). The molecule has 0 saturated carbocycles. The molecule has 10 nitrogen and oxygen atoms in total. The molecule has 0 unspecified atom stereocenters. The van der Waals surface area contributed by atoms with Gasteiger partial charge in [0.15, 0.2) is 17.5 Å². The van der Waals surface area contributed by atoms with Gasteiger partial charge in [-0.3, -0.25) is 0 Å². The van der Waals surface area contributed by atoms with E-state index < -0.39 is 0 Å². The molecule has 20 aromatic carbocycles. The molecule has 0 saturated heterocycles. The zero-order chi connectivity index (χ0) is 90.4. The van der Waals surface area contributed by atoms with Crippen molar-refractivity contribution in [2.24, 2.45) is 0 Å². The van der Waals surface area contributed by atoms with Gasteiger partial charge in [0.2, 0.25) is 0 Å². The standard InChI is InChI=1S/C45H29N3.C44H28N4.C38H25N3/c1-2-15-32(16-3-1)48-41-24-11-9-19-35(41)39-28-30(25-26-42(39)48)44-38-22-8-10-23-40(38)46-45(47-44)31-14-12-13-29(27-31)43-36-20-6-4-17-33(36)34-18-5-7-21-37(34)43;1-2-12-31(13-3-1)47-41-21-11-7-16-35(41)37-28-30(24-27-42(37)47)43-36-17-4-8-18-38(36)45-44(46-43)29-22-25-32(26-23-29)48-39-19-9-5-14-33(39)34-15-6-10-20-40(34)48;1-4-12-26(13-5-1)37-33-25-28(20-22-34(33)39-38(40-37)27-14-6-2-7-15-27)29-21-23-36-32(24-29)31-18-10-11-19-35(31)41(36)30-16-8-3-9-17-30/h1-28,43H;1-28H;1-25H. The zero-order valence-corrected chi connectivity index (χ0v) is 74.3. The molecule has 0 fully saturated rings. The maximum atomic E-state index is 5.33. The fraction of sp³-hybridized carbons (Fsp3) is 0.00787. The molecule has 10 heteroatoms. The number of hydrogen-bond donors (Lipinski definition) is 0. The molecule has 7 heterocycles. The molecule has 0 aliphatic heterocycles. The summed E-state index contributed by atoms with van der Waals surface area (Å²) in [5.41, 5.74) is 34.8. The second-order valence-corrected chi connectivity index (χ2v) is 35.1. The minimum absolute atomic E-state index is 0.168. The first-order valence-corrected chi connectivity index (χ1v) is 46.6. The first kappa shape index (κ1) is 79.6. The van der Waals surface area contributed by atoms with Crippen LogP contribution in [0.1, 0.15) is 22.6 Å². The van der Waals surface area contributed by atoms with Gasteiger partial charge in [-0.15, -0.1) is 0 Å². The monoisotopic (exact) mass is 1750 g/mol. The van der Waals surface area contributed by atoms with Gasteiger partial charge in [-0.25, -0.2) is 29.9 Å². The van der Waals surface area contributed by atoms with Gasteiger partial charge in [-0.1, -0.05) is 334 Å². The molecule has 640 valence electrons. The maximum absolute atomic E-state index is 5.33. The highest BCUT2D eigenvalue weighted by Crippen LogP contribution is 2.50. The van der Waals surface area contributed by atoms with Crippen LogP contribution >= 0.6 is 0 Å². The Morgan fingerprint density at radius 1 is 0.153 bits per heavy atom. The van der Waals surface area contributed by atoms with E-state index in [2.05, 4.69) is 479 Å². The molecule has 0 bridgehead atoms. The molecule has 1 aliphatic carbocycles. The Balaban J connectivity index is 0.000000107. The Hall–Kier alpha value is -18.4. The van der Waals surface area contributed by atoms with Crippen LogP contribution in [0, 0.1) is 0 Å². The molecule has 27 aromatic rings. The third-order valence-electron chi connectivity index (χ3n) is 27.2. The fourth-order valence-electron chi connectivity index (χ4n) is 21.0. The summed E-state index contributed by atoms with van der Waals surface area (Å²) in [7, 11) is 0. The van der Waals surface area contributed by atoms with E-state index in [0.29, 0.717) is 5.82 Å². The number of benzene rings is 20. The number of hydrogen-bond acceptors (Lipinski definition) is 6. The van der Waals surface area contributed by atoms with Crippen molar-refractivity contribution in [2.45, 2.75) is 5.92 Å². The predicted octanol–water partition coefficient (Wildman–Crippen LogP) is 32.1. The predicted molar refractivity (Wildman–Crippen MR) is 567 cm³/mol. The van der Waals surface area contributed by atoms with Gasteiger partial charge in [0.05, 0.1) is 77.8 Å². The quantitative estimate of drug-likeness (QED) is 0.121. The van der Waals surface area contributed by atoms with Crippen LogP contribution in [0.3, 0.4) is 0 Å². The van der Waals surface area contributed by atoms with Crippen molar-refractivity contribution in [3.63, 3.8) is 0 Å². The van der Waals surface area contributed by atoms with E-state index in [9.17, 15) is 0 Å². The maximum Gasteiger partial charge on any atom is 0.160 e. The Labute approximate surface area is 789 Å². The van der Waals surface area contributed by atoms with Gasteiger partial charge in [0.25, 0.3) is 0 Å². The van der Waals surface area contributed by atoms with Crippen molar-refractivity contribution < 1.29 is 0 Å². The minimum Gasteiger partial charge on any atom is -0.309 e. The van der Waals surface area contributed by atoms with Crippen molar-refractivity contribution in [1.82, 2.24) is 48.2 Å². The summed E-state index contributed by atoms with van der Waals surface area (Å²) in [6, 6.07) is 174. The number of fused-ring (bicyclic) bond motifs is 18. The van der Waals surface area contributed by atoms with Gasteiger partial charge < -0.3 is 18.3 Å². The van der Waals surface area contributed by atoms with Crippen LogP contribution in [-0.2, 0) is 0 Å². The van der Waals surface area contributed by atoms with Gasteiger partial charge in [0.1, 0.15) is 0 Å². The normalized spacial score (nSPS) is 11.9. The molecular weight excluding hydrogens is 1670 g/mol. The molecule has 0 radical (unpaired) electrons. The fourth-order valence-corrected chi connectivity index (χ4v) is 21.0. The zero-order valence-electron chi connectivity index (χ0n) is 74.3. The average molecular weight is 1750 g/mol. The van der Waals surface area contributed by atoms with Crippen molar-refractivity contribution in [3.05, 3.63) is 508 Å². The molecule has 0 N–H and O–H groups in total. The lowest BCUT2D eigenvalue weighted by molar-refractivity contribution is 1.01. The number of aromatic nitrogens is 10. The molecule has 0 atom stereocenters. The second kappa shape index (κ2) is 33.5. The number of rotatable bonds is 12. The van der Waals surface area contributed by atoms with Crippen LogP contribution in [0.15, 0.2) is 491 Å². The molecule has 7 aromatic heterocycles. The lowest BCUT2D eigenvalue weighted by atomic mass is 9.88. The molecule has 0 spiro atoms. The SMILES string of the molecule is c1ccc(-c2nc(-c3ccccc3)c3cc(-c4ccc5c(c4)c4ccccc4n5-c4ccccc4)ccc3n2)cc1.c1ccc(-n2c3ccccc3c3cc(-c4nc(-c5ccc(-n6c7ccccc7c7ccccc76)cc5)nc5ccccc45)ccc32)cc1.c1ccc(-n2c3ccccc3c3cc(-c4nc(-c5cccc(C6c7ccccc7-c7ccccc76)c5)nc5ccccc45)ccc32)cc1. The minimum atomic E-state index is 0.168. The van der Waals surface area contributed by atoms with E-state index in [1.165, 1.54) is 121 Å². The lowest BCUT2D eigenvalue weighted by Crippen LogP contribution is -2.00. The van der Waals surface area contributed by atoms with Crippen molar-refractivity contribution in [1.29, 1.82) is 0 Å². The van der Waals surface area contributed by atoms with Gasteiger partial charge in [-0.2, -0.15) is 0 Å². The van der Waals surface area contributed by atoms with E-state index in [1.807, 2.05) is 30.3 Å². The van der Waals surface area contributed by atoms with Crippen molar-refractivity contribution >= 4 is 120 Å². The van der Waals surface area contributed by atoms with Crippen LogP contribution in [-0.4, -0.2) is 48.2 Å². The highest BCUT2D eigenvalue weighted by molar-refractivity contribution is 6.15. The first-order chi connectivity index (χ1) is 68.0. The van der Waals surface area contributed by atoms with Crippen LogP contribution in [0.4, 0.5) is 0 Å². The summed E-state index contributed by atoms with van der Waals surface area (Å²) in [6.45, 7) is 0. The summed E-state index contributed by atoms with van der Waals surface area (Å²) < 4.78 is 9.38. The summed E-state index contributed by atoms with van der Waals surface area (Å²) in [4.78, 5) is 30.8. The Morgan fingerprint density at radius 2 is 0.431 bits per heavy atom. The Bertz CT molecular complexity index is 9310. The molecular formula is C127H82N10. The van der Waals surface area contributed by atoms with Gasteiger partial charge >= 0.3 is 0 Å². The second-order valence-electron chi connectivity index (χ2n) is 35.1. The smallest absolute Gasteiger partial charge is 0.160 e.